The van der Waals surface area contributed by atoms with Crippen molar-refractivity contribution < 1.29 is 9.90 Å². The van der Waals surface area contributed by atoms with Crippen LogP contribution in [0.3, 0.4) is 0 Å². The van der Waals surface area contributed by atoms with Crippen molar-refractivity contribution in [3.05, 3.63) is 54.4 Å². The molecule has 1 aromatic heterocycles. The summed E-state index contributed by atoms with van der Waals surface area (Å²) in [5.41, 5.74) is 1.67. The second-order valence-electron chi connectivity index (χ2n) is 3.18. The first-order valence-electron chi connectivity index (χ1n) is 4.77. The molecule has 0 aliphatic carbocycles. The molecule has 0 fully saturated rings. The molecule has 0 saturated carbocycles. The van der Waals surface area contributed by atoms with E-state index < -0.39 is 5.97 Å². The molecule has 0 bridgehead atoms. The summed E-state index contributed by atoms with van der Waals surface area (Å²) in [5, 5.41) is 12.7. The van der Waals surface area contributed by atoms with Gasteiger partial charge in [-0.25, -0.2) is 9.48 Å². The number of carboxylic acid groups (broad SMARTS) is 1. The van der Waals surface area contributed by atoms with Gasteiger partial charge in [0.1, 0.15) is 0 Å². The molecule has 1 aromatic carbocycles. The number of rotatable bonds is 3. The largest absolute Gasteiger partial charge is 0.478 e. The lowest BCUT2D eigenvalue weighted by Gasteiger charge is -2.04. The van der Waals surface area contributed by atoms with Crippen molar-refractivity contribution in [3.8, 4) is 5.69 Å². The highest BCUT2D eigenvalue weighted by Crippen LogP contribution is 2.14. The Labute approximate surface area is 92.5 Å². The van der Waals surface area contributed by atoms with Gasteiger partial charge < -0.3 is 5.11 Å². The maximum Gasteiger partial charge on any atom is 0.328 e. The number of carboxylic acids is 1. The van der Waals surface area contributed by atoms with Gasteiger partial charge in [0, 0.05) is 24.0 Å². The predicted octanol–water partition coefficient (Wildman–Crippen LogP) is 1.97. The summed E-state index contributed by atoms with van der Waals surface area (Å²) >= 11 is 0. The summed E-state index contributed by atoms with van der Waals surface area (Å²) in [6.07, 6.45) is 6.16. The fourth-order valence-electron chi connectivity index (χ4n) is 1.41. The molecule has 0 radical (unpaired) electrons. The van der Waals surface area contributed by atoms with Gasteiger partial charge >= 0.3 is 5.97 Å². The van der Waals surface area contributed by atoms with Crippen molar-refractivity contribution in [1.82, 2.24) is 9.78 Å². The van der Waals surface area contributed by atoms with E-state index in [1.165, 1.54) is 0 Å². The summed E-state index contributed by atoms with van der Waals surface area (Å²) in [6.45, 7) is 0. The Bertz CT molecular complexity index is 516. The van der Waals surface area contributed by atoms with Crippen LogP contribution in [-0.4, -0.2) is 20.9 Å². The van der Waals surface area contributed by atoms with Crippen LogP contribution in [0, 0.1) is 0 Å². The van der Waals surface area contributed by atoms with Crippen molar-refractivity contribution in [1.29, 1.82) is 0 Å². The summed E-state index contributed by atoms with van der Waals surface area (Å²) in [5.74, 6) is -0.963. The fourth-order valence-corrected chi connectivity index (χ4v) is 1.41. The van der Waals surface area contributed by atoms with E-state index in [0.717, 1.165) is 17.3 Å². The molecular formula is C12H10N2O2. The topological polar surface area (TPSA) is 55.1 Å². The lowest BCUT2D eigenvalue weighted by Crippen LogP contribution is -1.97. The van der Waals surface area contributed by atoms with E-state index in [2.05, 4.69) is 5.10 Å². The van der Waals surface area contributed by atoms with Crippen LogP contribution >= 0.6 is 0 Å². The average Bonchev–Trinajstić information content (AvgIpc) is 2.80. The van der Waals surface area contributed by atoms with Crippen molar-refractivity contribution in [3.63, 3.8) is 0 Å². The number of carbonyl (C=O) groups is 1. The first-order valence-corrected chi connectivity index (χ1v) is 4.77. The minimum Gasteiger partial charge on any atom is -0.478 e. The average molecular weight is 214 g/mol. The van der Waals surface area contributed by atoms with Crippen LogP contribution in [0.2, 0.25) is 0 Å². The zero-order valence-corrected chi connectivity index (χ0v) is 8.45. The van der Waals surface area contributed by atoms with Gasteiger partial charge in [-0.1, -0.05) is 18.2 Å². The second-order valence-corrected chi connectivity index (χ2v) is 3.18. The summed E-state index contributed by atoms with van der Waals surface area (Å²) < 4.78 is 1.70. The number of nitrogens with zero attached hydrogens (tertiary/aromatic N) is 2. The molecule has 0 atom stereocenters. The Morgan fingerprint density at radius 2 is 2.12 bits per heavy atom. The molecule has 0 saturated heterocycles. The SMILES string of the molecule is O=C(O)/C=C/c1ccccc1-n1cccn1. The van der Waals surface area contributed by atoms with Crippen LogP contribution in [0.4, 0.5) is 0 Å². The molecule has 4 nitrogen and oxygen atoms in total. The van der Waals surface area contributed by atoms with Crippen LogP contribution in [-0.2, 0) is 4.79 Å². The van der Waals surface area contributed by atoms with Crippen LogP contribution in [0.1, 0.15) is 5.56 Å². The molecule has 0 amide bonds. The second kappa shape index (κ2) is 4.44. The molecular weight excluding hydrogens is 204 g/mol. The van der Waals surface area contributed by atoms with E-state index in [4.69, 9.17) is 5.11 Å². The maximum absolute atomic E-state index is 10.5. The number of aliphatic carboxylic acids is 1. The van der Waals surface area contributed by atoms with E-state index in [-0.39, 0.29) is 0 Å². The number of benzene rings is 1. The molecule has 0 aliphatic rings. The fraction of sp³-hybridized carbons (Fsp3) is 0. The first kappa shape index (κ1) is 10.2. The normalized spacial score (nSPS) is 10.8. The standard InChI is InChI=1S/C12H10N2O2/c15-12(16)7-6-10-4-1-2-5-11(10)14-9-3-8-13-14/h1-9H,(H,15,16)/b7-6+. The van der Waals surface area contributed by atoms with E-state index >= 15 is 0 Å². The Balaban J connectivity index is 2.42. The molecule has 2 aromatic rings. The maximum atomic E-state index is 10.5. The molecule has 1 heterocycles. The highest BCUT2D eigenvalue weighted by atomic mass is 16.4. The summed E-state index contributed by atoms with van der Waals surface area (Å²) in [4.78, 5) is 10.5. The highest BCUT2D eigenvalue weighted by Gasteiger charge is 2.01. The molecule has 0 aliphatic heterocycles. The third kappa shape index (κ3) is 2.17. The Kier molecular flexibility index (Phi) is 2.82. The Morgan fingerprint density at radius 1 is 1.31 bits per heavy atom. The van der Waals surface area contributed by atoms with Gasteiger partial charge in [0.05, 0.1) is 5.69 Å². The van der Waals surface area contributed by atoms with Crippen LogP contribution < -0.4 is 0 Å². The van der Waals surface area contributed by atoms with Gasteiger partial charge in [0.25, 0.3) is 0 Å². The molecule has 2 rings (SSSR count). The monoisotopic (exact) mass is 214 g/mol. The van der Waals surface area contributed by atoms with E-state index in [1.807, 2.05) is 36.5 Å². The first-order chi connectivity index (χ1) is 7.77. The summed E-state index contributed by atoms with van der Waals surface area (Å²) in [6, 6.07) is 9.28. The van der Waals surface area contributed by atoms with Crippen LogP contribution in [0.15, 0.2) is 48.8 Å². The number of para-hydroxylation sites is 1. The Hall–Kier alpha value is -2.36. The van der Waals surface area contributed by atoms with Crippen LogP contribution in [0.5, 0.6) is 0 Å². The number of hydrogen-bond acceptors (Lipinski definition) is 2. The smallest absolute Gasteiger partial charge is 0.328 e. The van der Waals surface area contributed by atoms with Gasteiger partial charge in [-0.2, -0.15) is 5.10 Å². The molecule has 0 unspecified atom stereocenters. The molecule has 16 heavy (non-hydrogen) atoms. The molecule has 80 valence electrons. The van der Waals surface area contributed by atoms with Gasteiger partial charge in [-0.05, 0) is 18.2 Å². The van der Waals surface area contributed by atoms with Gasteiger partial charge in [0.2, 0.25) is 0 Å². The predicted molar refractivity (Wildman–Crippen MR) is 60.2 cm³/mol. The van der Waals surface area contributed by atoms with Crippen molar-refractivity contribution in [2.24, 2.45) is 0 Å². The zero-order valence-electron chi connectivity index (χ0n) is 8.45. The van der Waals surface area contributed by atoms with E-state index in [0.29, 0.717) is 0 Å². The zero-order chi connectivity index (χ0) is 11.4. The van der Waals surface area contributed by atoms with Crippen molar-refractivity contribution >= 4 is 12.0 Å². The van der Waals surface area contributed by atoms with Gasteiger partial charge in [0.15, 0.2) is 0 Å². The Morgan fingerprint density at radius 3 is 2.81 bits per heavy atom. The minimum absolute atomic E-state index is 0.814. The molecule has 0 spiro atoms. The molecule has 1 N–H and O–H groups in total. The van der Waals surface area contributed by atoms with Crippen molar-refractivity contribution in [2.75, 3.05) is 0 Å². The third-order valence-electron chi connectivity index (χ3n) is 2.09. The van der Waals surface area contributed by atoms with Gasteiger partial charge in [-0.15, -0.1) is 0 Å². The minimum atomic E-state index is -0.963. The highest BCUT2D eigenvalue weighted by molar-refractivity contribution is 5.86. The van der Waals surface area contributed by atoms with Crippen LogP contribution in [0.25, 0.3) is 11.8 Å². The number of aromatic nitrogens is 2. The van der Waals surface area contributed by atoms with E-state index in [1.54, 1.807) is 17.0 Å². The van der Waals surface area contributed by atoms with Crippen molar-refractivity contribution in [2.45, 2.75) is 0 Å². The summed E-state index contributed by atoms with van der Waals surface area (Å²) in [7, 11) is 0. The van der Waals surface area contributed by atoms with Gasteiger partial charge in [-0.3, -0.25) is 0 Å². The quantitative estimate of drug-likeness (QED) is 0.795. The molecule has 4 heteroatoms. The number of hydrogen-bond donors (Lipinski definition) is 1. The lowest BCUT2D eigenvalue weighted by molar-refractivity contribution is -0.131. The third-order valence-corrected chi connectivity index (χ3v) is 2.09. The lowest BCUT2D eigenvalue weighted by atomic mass is 10.1. The van der Waals surface area contributed by atoms with E-state index in [9.17, 15) is 4.79 Å².